The average Bonchev–Trinajstić information content (AvgIpc) is 2.42. The van der Waals surface area contributed by atoms with E-state index in [1.165, 1.54) is 12.0 Å². The molecule has 0 saturated heterocycles. The maximum Gasteiger partial charge on any atom is 0.134 e. The molecule has 93 valence electrons. The predicted molar refractivity (Wildman–Crippen MR) is 72.9 cm³/mol. The summed E-state index contributed by atoms with van der Waals surface area (Å²) < 4.78 is 13.3. The van der Waals surface area contributed by atoms with Gasteiger partial charge in [0.15, 0.2) is 0 Å². The van der Waals surface area contributed by atoms with Gasteiger partial charge in [0, 0.05) is 6.07 Å². The standard InChI is InChI=1S/C17H18F/c18-17-14-8-7-13-16(17)12-6-2-5-11-15-9-3-1-4-10-15/h1,3-4,7-10,13H,2,5-6,11-12H2. The van der Waals surface area contributed by atoms with Crippen molar-refractivity contribution in [2.45, 2.75) is 32.1 Å². The summed E-state index contributed by atoms with van der Waals surface area (Å²) in [4.78, 5) is 0. The maximum absolute atomic E-state index is 13.3. The fraction of sp³-hybridized carbons (Fsp3) is 0.294. The van der Waals surface area contributed by atoms with Crippen LogP contribution < -0.4 is 0 Å². The largest absolute Gasteiger partial charge is 0.206 e. The number of halogens is 1. The van der Waals surface area contributed by atoms with Crippen molar-refractivity contribution < 1.29 is 4.39 Å². The summed E-state index contributed by atoms with van der Waals surface area (Å²) in [5.41, 5.74) is 2.17. The Morgan fingerprint density at radius 2 is 1.61 bits per heavy atom. The first-order valence-electron chi connectivity index (χ1n) is 6.55. The summed E-state index contributed by atoms with van der Waals surface area (Å²) in [5, 5.41) is 0. The Morgan fingerprint density at radius 3 is 2.39 bits per heavy atom. The molecule has 0 unspecified atom stereocenters. The minimum Gasteiger partial charge on any atom is -0.206 e. The number of unbranched alkanes of at least 4 members (excludes halogenated alkanes) is 2. The lowest BCUT2D eigenvalue weighted by atomic mass is 10.0. The highest BCUT2D eigenvalue weighted by Gasteiger charge is 2.00. The zero-order chi connectivity index (χ0) is 12.6. The number of aryl methyl sites for hydroxylation is 2. The molecule has 0 amide bonds. The van der Waals surface area contributed by atoms with Crippen molar-refractivity contribution >= 4 is 0 Å². The topological polar surface area (TPSA) is 0 Å². The van der Waals surface area contributed by atoms with E-state index in [0.29, 0.717) is 0 Å². The van der Waals surface area contributed by atoms with Crippen LogP contribution in [-0.4, -0.2) is 0 Å². The van der Waals surface area contributed by atoms with Crippen molar-refractivity contribution in [1.82, 2.24) is 0 Å². The number of rotatable bonds is 6. The Morgan fingerprint density at radius 1 is 0.833 bits per heavy atom. The molecule has 2 aromatic carbocycles. The Hall–Kier alpha value is -1.63. The van der Waals surface area contributed by atoms with E-state index >= 15 is 0 Å². The van der Waals surface area contributed by atoms with E-state index in [1.54, 1.807) is 6.07 Å². The van der Waals surface area contributed by atoms with Crippen molar-refractivity contribution in [2.75, 3.05) is 0 Å². The van der Waals surface area contributed by atoms with E-state index < -0.39 is 0 Å². The van der Waals surface area contributed by atoms with Gasteiger partial charge in [-0.1, -0.05) is 55.0 Å². The summed E-state index contributed by atoms with van der Waals surface area (Å²) in [6.07, 6.45) is 5.29. The number of benzene rings is 2. The van der Waals surface area contributed by atoms with Gasteiger partial charge in [0.1, 0.15) is 5.82 Å². The molecule has 1 heteroatoms. The van der Waals surface area contributed by atoms with Gasteiger partial charge in [-0.25, -0.2) is 4.39 Å². The molecule has 0 nitrogen and oxygen atoms in total. The van der Waals surface area contributed by atoms with Crippen molar-refractivity contribution in [3.8, 4) is 0 Å². The van der Waals surface area contributed by atoms with E-state index in [1.807, 2.05) is 18.2 Å². The first kappa shape index (κ1) is 12.8. The molecule has 0 N–H and O–H groups in total. The van der Waals surface area contributed by atoms with Gasteiger partial charge in [-0.2, -0.15) is 0 Å². The molecular weight excluding hydrogens is 223 g/mol. The van der Waals surface area contributed by atoms with Gasteiger partial charge >= 0.3 is 0 Å². The van der Waals surface area contributed by atoms with Gasteiger partial charge in [-0.05, 0) is 36.8 Å². The molecule has 1 radical (unpaired) electrons. The van der Waals surface area contributed by atoms with E-state index in [0.717, 1.165) is 31.2 Å². The highest BCUT2D eigenvalue weighted by Crippen LogP contribution is 2.12. The summed E-state index contributed by atoms with van der Waals surface area (Å²) in [7, 11) is 0. The molecule has 2 aromatic rings. The summed E-state index contributed by atoms with van der Waals surface area (Å²) >= 11 is 0. The molecule has 0 atom stereocenters. The van der Waals surface area contributed by atoms with Gasteiger partial charge < -0.3 is 0 Å². The van der Waals surface area contributed by atoms with Gasteiger partial charge in [0.2, 0.25) is 0 Å². The van der Waals surface area contributed by atoms with Gasteiger partial charge in [0.25, 0.3) is 0 Å². The van der Waals surface area contributed by atoms with Crippen LogP contribution in [0.15, 0.2) is 48.5 Å². The Labute approximate surface area is 108 Å². The minimum atomic E-state index is -0.194. The molecule has 0 aromatic heterocycles. The van der Waals surface area contributed by atoms with E-state index in [9.17, 15) is 4.39 Å². The molecule has 2 rings (SSSR count). The summed E-state index contributed by atoms with van der Waals surface area (Å²) in [6.45, 7) is 0. The Balaban J connectivity index is 1.66. The Kier molecular flexibility index (Phi) is 4.95. The fourth-order valence-electron chi connectivity index (χ4n) is 2.11. The first-order chi connectivity index (χ1) is 8.86. The van der Waals surface area contributed by atoms with Crippen LogP contribution in [-0.2, 0) is 12.8 Å². The van der Waals surface area contributed by atoms with Crippen LogP contribution in [0.25, 0.3) is 0 Å². The zero-order valence-corrected chi connectivity index (χ0v) is 10.5. The van der Waals surface area contributed by atoms with Crippen LogP contribution in [0.3, 0.4) is 0 Å². The van der Waals surface area contributed by atoms with Crippen LogP contribution in [0.4, 0.5) is 4.39 Å². The van der Waals surface area contributed by atoms with Crippen molar-refractivity contribution in [2.24, 2.45) is 0 Å². The van der Waals surface area contributed by atoms with E-state index in [4.69, 9.17) is 0 Å². The molecule has 0 aliphatic rings. The third-order valence-electron chi connectivity index (χ3n) is 3.14. The molecule has 0 fully saturated rings. The lowest BCUT2D eigenvalue weighted by Gasteiger charge is -2.03. The smallest absolute Gasteiger partial charge is 0.134 e. The first-order valence-corrected chi connectivity index (χ1v) is 6.55. The van der Waals surface area contributed by atoms with Crippen LogP contribution in [0.5, 0.6) is 0 Å². The second-order valence-electron chi connectivity index (χ2n) is 4.56. The molecular formula is C17H18F. The average molecular weight is 241 g/mol. The summed E-state index contributed by atoms with van der Waals surface area (Å²) in [6, 6.07) is 18.4. The molecule has 18 heavy (non-hydrogen) atoms. The fourth-order valence-corrected chi connectivity index (χ4v) is 2.11. The minimum absolute atomic E-state index is 0.194. The lowest BCUT2D eigenvalue weighted by molar-refractivity contribution is 0.593. The molecule has 0 spiro atoms. The lowest BCUT2D eigenvalue weighted by Crippen LogP contribution is -1.91. The molecule has 0 aliphatic heterocycles. The third kappa shape index (κ3) is 3.99. The van der Waals surface area contributed by atoms with Gasteiger partial charge in [-0.15, -0.1) is 0 Å². The molecule has 0 heterocycles. The van der Waals surface area contributed by atoms with Crippen LogP contribution in [0.2, 0.25) is 0 Å². The predicted octanol–water partition coefficient (Wildman–Crippen LogP) is 4.58. The van der Waals surface area contributed by atoms with Crippen LogP contribution >= 0.6 is 0 Å². The second-order valence-corrected chi connectivity index (χ2v) is 4.56. The Bertz CT molecular complexity index is 462. The van der Waals surface area contributed by atoms with Gasteiger partial charge in [0.05, 0.1) is 0 Å². The van der Waals surface area contributed by atoms with E-state index in [-0.39, 0.29) is 5.82 Å². The number of hydrogen-bond donors (Lipinski definition) is 0. The molecule has 0 saturated carbocycles. The van der Waals surface area contributed by atoms with Crippen molar-refractivity contribution in [3.63, 3.8) is 0 Å². The van der Waals surface area contributed by atoms with Gasteiger partial charge in [-0.3, -0.25) is 0 Å². The second kappa shape index (κ2) is 6.95. The van der Waals surface area contributed by atoms with Crippen molar-refractivity contribution in [1.29, 1.82) is 0 Å². The van der Waals surface area contributed by atoms with Crippen LogP contribution in [0.1, 0.15) is 30.4 Å². The normalized spacial score (nSPS) is 10.5. The monoisotopic (exact) mass is 241 g/mol. The quantitative estimate of drug-likeness (QED) is 0.649. The van der Waals surface area contributed by atoms with E-state index in [2.05, 4.69) is 30.3 Å². The third-order valence-corrected chi connectivity index (χ3v) is 3.14. The molecule has 0 bridgehead atoms. The highest BCUT2D eigenvalue weighted by atomic mass is 19.1. The zero-order valence-electron chi connectivity index (χ0n) is 10.5. The SMILES string of the molecule is Fc1[c]cccc1CCCCCc1ccccc1. The highest BCUT2D eigenvalue weighted by molar-refractivity contribution is 5.16. The maximum atomic E-state index is 13.3. The van der Waals surface area contributed by atoms with Crippen molar-refractivity contribution in [3.05, 3.63) is 71.5 Å². The van der Waals surface area contributed by atoms with Crippen LogP contribution in [0, 0.1) is 11.9 Å². The summed E-state index contributed by atoms with van der Waals surface area (Å²) in [5.74, 6) is -0.194. The number of hydrogen-bond acceptors (Lipinski definition) is 0. The molecule has 0 aliphatic carbocycles.